The van der Waals surface area contributed by atoms with Crippen molar-refractivity contribution in [2.45, 2.75) is 4.90 Å². The summed E-state index contributed by atoms with van der Waals surface area (Å²) >= 11 is 7.24. The van der Waals surface area contributed by atoms with Crippen molar-refractivity contribution >= 4 is 40.6 Å². The number of pyridine rings is 1. The lowest BCUT2D eigenvalue weighted by atomic mass is 10.3. The van der Waals surface area contributed by atoms with E-state index in [2.05, 4.69) is 10.3 Å². The van der Waals surface area contributed by atoms with Gasteiger partial charge in [0, 0.05) is 22.8 Å². The number of ether oxygens (including phenoxy) is 1. The van der Waals surface area contributed by atoms with Gasteiger partial charge in [-0.15, -0.1) is 11.8 Å². The number of thioether (sulfide) groups is 1. The molecule has 0 unspecified atom stereocenters. The molecule has 0 aliphatic rings. The Kier molecular flexibility index (Phi) is 5.30. The highest BCUT2D eigenvalue weighted by molar-refractivity contribution is 8.00. The second-order valence-electron chi connectivity index (χ2n) is 4.09. The molecule has 1 heterocycles. The molecule has 1 aromatic heterocycles. The molecule has 1 amide bonds. The van der Waals surface area contributed by atoms with Crippen molar-refractivity contribution in [1.29, 1.82) is 0 Å². The Bertz CT molecular complexity index is 652. The predicted octanol–water partition coefficient (Wildman–Crippen LogP) is 3.06. The third kappa shape index (κ3) is 4.27. The highest BCUT2D eigenvalue weighted by atomic mass is 35.5. The fraction of sp³-hybridized carbons (Fsp3) is 0.143. The van der Waals surface area contributed by atoms with Gasteiger partial charge in [-0.1, -0.05) is 11.6 Å². The standard InChI is InChI=1S/C14H14ClN3O2S/c1-20-11-7-9(16)4-5-12(11)21-8-13(19)18-10-3-2-6-17-14(10)15/h2-7H,8,16H2,1H3,(H,18,19). The zero-order valence-electron chi connectivity index (χ0n) is 11.3. The van der Waals surface area contributed by atoms with Gasteiger partial charge in [0.05, 0.1) is 18.6 Å². The Morgan fingerprint density at radius 2 is 2.29 bits per heavy atom. The maximum Gasteiger partial charge on any atom is 0.234 e. The maximum atomic E-state index is 11.9. The number of anilines is 2. The minimum absolute atomic E-state index is 0.172. The number of amides is 1. The van der Waals surface area contributed by atoms with E-state index in [4.69, 9.17) is 22.1 Å². The van der Waals surface area contributed by atoms with Gasteiger partial charge in [-0.3, -0.25) is 4.79 Å². The normalized spacial score (nSPS) is 10.2. The van der Waals surface area contributed by atoms with E-state index in [1.807, 2.05) is 6.07 Å². The number of benzene rings is 1. The number of nitrogens with one attached hydrogen (secondary N) is 1. The van der Waals surface area contributed by atoms with Crippen LogP contribution in [0.2, 0.25) is 5.15 Å². The Hall–Kier alpha value is -1.92. The number of nitrogens with zero attached hydrogens (tertiary/aromatic N) is 1. The molecule has 1 aromatic carbocycles. The van der Waals surface area contributed by atoms with Crippen LogP contribution in [0.1, 0.15) is 0 Å². The lowest BCUT2D eigenvalue weighted by molar-refractivity contribution is -0.113. The first-order chi connectivity index (χ1) is 10.1. The van der Waals surface area contributed by atoms with E-state index >= 15 is 0 Å². The Labute approximate surface area is 131 Å². The molecule has 0 aliphatic heterocycles. The molecule has 0 saturated carbocycles. The summed E-state index contributed by atoms with van der Waals surface area (Å²) in [7, 11) is 1.56. The van der Waals surface area contributed by atoms with Crippen molar-refractivity contribution in [2.24, 2.45) is 0 Å². The summed E-state index contributed by atoms with van der Waals surface area (Å²) in [6, 6.07) is 8.71. The smallest absolute Gasteiger partial charge is 0.234 e. The summed E-state index contributed by atoms with van der Waals surface area (Å²) in [5, 5.41) is 2.97. The average Bonchev–Trinajstić information content (AvgIpc) is 2.48. The zero-order chi connectivity index (χ0) is 15.2. The molecule has 7 heteroatoms. The molecular weight excluding hydrogens is 310 g/mol. The number of halogens is 1. The number of carbonyl (C=O) groups excluding carboxylic acids is 1. The van der Waals surface area contributed by atoms with E-state index in [0.717, 1.165) is 4.90 Å². The Morgan fingerprint density at radius 3 is 3.00 bits per heavy atom. The topological polar surface area (TPSA) is 77.2 Å². The average molecular weight is 324 g/mol. The highest BCUT2D eigenvalue weighted by Gasteiger charge is 2.09. The minimum Gasteiger partial charge on any atom is -0.496 e. The Balaban J connectivity index is 1.97. The van der Waals surface area contributed by atoms with Crippen molar-refractivity contribution in [3.63, 3.8) is 0 Å². The van der Waals surface area contributed by atoms with Gasteiger partial charge in [0.1, 0.15) is 5.75 Å². The fourth-order valence-corrected chi connectivity index (χ4v) is 2.59. The molecule has 0 bridgehead atoms. The van der Waals surface area contributed by atoms with Gasteiger partial charge in [0.25, 0.3) is 0 Å². The lowest BCUT2D eigenvalue weighted by Crippen LogP contribution is -2.14. The van der Waals surface area contributed by atoms with Gasteiger partial charge in [-0.05, 0) is 24.3 Å². The molecule has 2 aromatic rings. The minimum atomic E-state index is -0.172. The van der Waals surface area contributed by atoms with E-state index in [1.54, 1.807) is 37.6 Å². The van der Waals surface area contributed by atoms with Gasteiger partial charge >= 0.3 is 0 Å². The molecule has 0 fully saturated rings. The van der Waals surface area contributed by atoms with E-state index in [-0.39, 0.29) is 16.8 Å². The van der Waals surface area contributed by atoms with E-state index in [9.17, 15) is 4.79 Å². The van der Waals surface area contributed by atoms with Gasteiger partial charge in [-0.2, -0.15) is 0 Å². The second kappa shape index (κ2) is 7.19. The molecule has 2 rings (SSSR count). The number of carbonyl (C=O) groups is 1. The van der Waals surface area contributed by atoms with Crippen molar-refractivity contribution in [3.8, 4) is 5.75 Å². The van der Waals surface area contributed by atoms with Crippen LogP contribution in [-0.4, -0.2) is 23.8 Å². The van der Waals surface area contributed by atoms with E-state index < -0.39 is 0 Å². The first kappa shape index (κ1) is 15.5. The number of aromatic nitrogens is 1. The number of hydrogen-bond acceptors (Lipinski definition) is 5. The van der Waals surface area contributed by atoms with Crippen molar-refractivity contribution in [3.05, 3.63) is 41.7 Å². The van der Waals surface area contributed by atoms with Crippen LogP contribution in [0.5, 0.6) is 5.75 Å². The first-order valence-corrected chi connectivity index (χ1v) is 7.43. The second-order valence-corrected chi connectivity index (χ2v) is 5.46. The zero-order valence-corrected chi connectivity index (χ0v) is 12.9. The molecule has 0 spiro atoms. The third-order valence-electron chi connectivity index (χ3n) is 2.58. The van der Waals surface area contributed by atoms with Crippen molar-refractivity contribution in [1.82, 2.24) is 4.98 Å². The summed E-state index contributed by atoms with van der Waals surface area (Å²) in [5.41, 5.74) is 6.80. The van der Waals surface area contributed by atoms with Crippen LogP contribution in [0, 0.1) is 0 Å². The molecule has 0 atom stereocenters. The molecule has 110 valence electrons. The summed E-state index contributed by atoms with van der Waals surface area (Å²) < 4.78 is 5.23. The number of hydrogen-bond donors (Lipinski definition) is 2. The number of nitrogens with two attached hydrogens (primary N) is 1. The van der Waals surface area contributed by atoms with Crippen LogP contribution >= 0.6 is 23.4 Å². The molecule has 0 aliphatic carbocycles. The number of methoxy groups -OCH3 is 1. The van der Waals surface area contributed by atoms with Gasteiger partial charge < -0.3 is 15.8 Å². The van der Waals surface area contributed by atoms with Gasteiger partial charge in [0.2, 0.25) is 5.91 Å². The lowest BCUT2D eigenvalue weighted by Gasteiger charge is -2.09. The van der Waals surface area contributed by atoms with Crippen molar-refractivity contribution < 1.29 is 9.53 Å². The molecule has 21 heavy (non-hydrogen) atoms. The Morgan fingerprint density at radius 1 is 1.48 bits per heavy atom. The number of nitrogen functional groups attached to an aromatic ring is 1. The monoisotopic (exact) mass is 323 g/mol. The molecule has 5 nitrogen and oxygen atoms in total. The summed E-state index contributed by atoms with van der Waals surface area (Å²) in [6.07, 6.45) is 1.56. The molecule has 3 N–H and O–H groups in total. The van der Waals surface area contributed by atoms with E-state index in [1.165, 1.54) is 11.8 Å². The van der Waals surface area contributed by atoms with Gasteiger partial charge in [-0.25, -0.2) is 4.98 Å². The molecule has 0 saturated heterocycles. The van der Waals surface area contributed by atoms with Crippen LogP contribution in [0.15, 0.2) is 41.4 Å². The summed E-state index contributed by atoms with van der Waals surface area (Å²) in [4.78, 5) is 16.7. The van der Waals surface area contributed by atoms with Crippen LogP contribution < -0.4 is 15.8 Å². The van der Waals surface area contributed by atoms with Crippen LogP contribution in [0.25, 0.3) is 0 Å². The summed E-state index contributed by atoms with van der Waals surface area (Å²) in [5.74, 6) is 0.701. The highest BCUT2D eigenvalue weighted by Crippen LogP contribution is 2.31. The maximum absolute atomic E-state index is 11.9. The predicted molar refractivity (Wildman–Crippen MR) is 86.0 cm³/mol. The summed E-state index contributed by atoms with van der Waals surface area (Å²) in [6.45, 7) is 0. The molecule has 0 radical (unpaired) electrons. The third-order valence-corrected chi connectivity index (χ3v) is 3.94. The van der Waals surface area contributed by atoms with Crippen molar-refractivity contribution in [2.75, 3.05) is 23.9 Å². The largest absolute Gasteiger partial charge is 0.496 e. The van der Waals surface area contributed by atoms with Crippen LogP contribution in [-0.2, 0) is 4.79 Å². The SMILES string of the molecule is COc1cc(N)ccc1SCC(=O)Nc1cccnc1Cl. The fourth-order valence-electron chi connectivity index (χ4n) is 1.61. The van der Waals surface area contributed by atoms with Crippen LogP contribution in [0.3, 0.4) is 0 Å². The molecular formula is C14H14ClN3O2S. The van der Waals surface area contributed by atoms with E-state index in [0.29, 0.717) is 17.1 Å². The first-order valence-electron chi connectivity index (χ1n) is 6.07. The van der Waals surface area contributed by atoms with Crippen LogP contribution in [0.4, 0.5) is 11.4 Å². The van der Waals surface area contributed by atoms with Gasteiger partial charge in [0.15, 0.2) is 5.15 Å². The quantitative estimate of drug-likeness (QED) is 0.502. The number of rotatable bonds is 5.